The number of rotatable bonds is 6. The first-order chi connectivity index (χ1) is 10.2. The summed E-state index contributed by atoms with van der Waals surface area (Å²) in [4.78, 5) is 4.50. The smallest absolute Gasteiger partial charge is 0.201 e. The van der Waals surface area contributed by atoms with E-state index in [0.717, 1.165) is 23.4 Å². The number of nitrogens with zero attached hydrogens (tertiary/aromatic N) is 2. The Morgan fingerprint density at radius 1 is 1.29 bits per heavy atom. The van der Waals surface area contributed by atoms with Crippen molar-refractivity contribution in [2.24, 2.45) is 5.92 Å². The second kappa shape index (κ2) is 5.47. The predicted octanol–water partition coefficient (Wildman–Crippen LogP) is 3.39. The number of hydrogen-bond donors (Lipinski definition) is 1. The van der Waals surface area contributed by atoms with Gasteiger partial charge in [-0.2, -0.15) is 0 Å². The van der Waals surface area contributed by atoms with Crippen molar-refractivity contribution in [3.8, 4) is 11.5 Å². The van der Waals surface area contributed by atoms with Crippen molar-refractivity contribution in [2.75, 3.05) is 20.0 Å². The van der Waals surface area contributed by atoms with E-state index < -0.39 is 0 Å². The molecule has 5 heteroatoms. The van der Waals surface area contributed by atoms with Crippen molar-refractivity contribution in [3.63, 3.8) is 0 Å². The van der Waals surface area contributed by atoms with Crippen molar-refractivity contribution < 1.29 is 9.47 Å². The first kappa shape index (κ1) is 14.0. The summed E-state index contributed by atoms with van der Waals surface area (Å²) in [7, 11) is 3.28. The van der Waals surface area contributed by atoms with Crippen LogP contribution in [0.15, 0.2) is 12.1 Å². The molecule has 5 nitrogen and oxygen atoms in total. The molecule has 0 bridgehead atoms. The van der Waals surface area contributed by atoms with E-state index in [2.05, 4.69) is 16.5 Å². The highest BCUT2D eigenvalue weighted by molar-refractivity contribution is 5.82. The molecule has 1 aromatic heterocycles. The summed E-state index contributed by atoms with van der Waals surface area (Å²) >= 11 is 0. The molecule has 1 unspecified atom stereocenters. The second-order valence-corrected chi connectivity index (χ2v) is 5.78. The minimum atomic E-state index is 0.403. The van der Waals surface area contributed by atoms with Gasteiger partial charge in [-0.1, -0.05) is 19.8 Å². The van der Waals surface area contributed by atoms with Gasteiger partial charge >= 0.3 is 0 Å². The zero-order valence-electron chi connectivity index (χ0n) is 12.9. The van der Waals surface area contributed by atoms with Gasteiger partial charge in [0.05, 0.1) is 25.3 Å². The molecule has 0 aliphatic heterocycles. The molecule has 3 rings (SSSR count). The molecule has 0 spiro atoms. The van der Waals surface area contributed by atoms with Gasteiger partial charge in [-0.15, -0.1) is 0 Å². The summed E-state index contributed by atoms with van der Waals surface area (Å²) in [6.07, 6.45) is 4.93. The molecule has 1 aliphatic rings. The third-order valence-corrected chi connectivity index (χ3v) is 4.36. The molecular formula is C16H23N3O2. The van der Waals surface area contributed by atoms with Crippen LogP contribution < -0.4 is 15.2 Å². The number of nitrogen functional groups attached to an aromatic ring is 1. The fourth-order valence-electron chi connectivity index (χ4n) is 3.02. The van der Waals surface area contributed by atoms with Crippen molar-refractivity contribution in [1.29, 1.82) is 0 Å². The van der Waals surface area contributed by atoms with Crippen LogP contribution in [0.2, 0.25) is 0 Å². The van der Waals surface area contributed by atoms with E-state index in [9.17, 15) is 0 Å². The Labute approximate surface area is 125 Å². The summed E-state index contributed by atoms with van der Waals surface area (Å²) in [5.41, 5.74) is 8.07. The summed E-state index contributed by atoms with van der Waals surface area (Å²) in [6.45, 7) is 2.21. The number of ether oxygens (including phenoxy) is 2. The first-order valence-corrected chi connectivity index (χ1v) is 7.57. The average molecular weight is 289 g/mol. The van der Waals surface area contributed by atoms with E-state index in [-0.39, 0.29) is 0 Å². The lowest BCUT2D eigenvalue weighted by molar-refractivity contribution is 0.355. The Hall–Kier alpha value is -1.91. The Balaban J connectivity index is 2.09. The lowest BCUT2D eigenvalue weighted by atomic mass is 10.1. The van der Waals surface area contributed by atoms with Crippen LogP contribution in [0.1, 0.15) is 38.6 Å². The van der Waals surface area contributed by atoms with Gasteiger partial charge in [0.25, 0.3) is 0 Å². The van der Waals surface area contributed by atoms with Crippen molar-refractivity contribution in [1.82, 2.24) is 9.55 Å². The molecule has 1 heterocycles. The average Bonchev–Trinajstić information content (AvgIpc) is 3.25. The minimum absolute atomic E-state index is 0.403. The summed E-state index contributed by atoms with van der Waals surface area (Å²) in [5.74, 6) is 2.83. The number of anilines is 1. The molecule has 0 radical (unpaired) electrons. The molecule has 1 atom stereocenters. The van der Waals surface area contributed by atoms with Crippen LogP contribution in [-0.2, 0) is 0 Å². The topological polar surface area (TPSA) is 62.3 Å². The van der Waals surface area contributed by atoms with Gasteiger partial charge in [0.15, 0.2) is 11.5 Å². The number of aromatic nitrogens is 2. The van der Waals surface area contributed by atoms with E-state index in [1.165, 1.54) is 19.3 Å². The third kappa shape index (κ3) is 2.52. The van der Waals surface area contributed by atoms with Crippen LogP contribution >= 0.6 is 0 Å². The van der Waals surface area contributed by atoms with Gasteiger partial charge in [0.2, 0.25) is 5.95 Å². The van der Waals surface area contributed by atoms with E-state index in [1.54, 1.807) is 14.2 Å². The SMILES string of the molecule is CCC(CC1CC1)n1c(N)nc2cc(OC)c(OC)cc21. The molecule has 0 amide bonds. The molecule has 1 aromatic carbocycles. The maximum absolute atomic E-state index is 6.18. The molecule has 2 N–H and O–H groups in total. The van der Waals surface area contributed by atoms with Gasteiger partial charge in [0, 0.05) is 18.2 Å². The highest BCUT2D eigenvalue weighted by Crippen LogP contribution is 2.41. The minimum Gasteiger partial charge on any atom is -0.493 e. The Bertz CT molecular complexity index is 646. The number of fused-ring (bicyclic) bond motifs is 1. The van der Waals surface area contributed by atoms with Crippen molar-refractivity contribution >= 4 is 17.0 Å². The number of nitrogens with two attached hydrogens (primary N) is 1. The molecule has 1 aliphatic carbocycles. The van der Waals surface area contributed by atoms with Gasteiger partial charge in [-0.3, -0.25) is 0 Å². The highest BCUT2D eigenvalue weighted by Gasteiger charge is 2.27. The number of benzene rings is 1. The van der Waals surface area contributed by atoms with Crippen LogP contribution in [0.4, 0.5) is 5.95 Å². The van der Waals surface area contributed by atoms with Gasteiger partial charge in [-0.25, -0.2) is 4.98 Å². The van der Waals surface area contributed by atoms with Gasteiger partial charge in [-0.05, 0) is 18.8 Å². The molecule has 0 saturated heterocycles. The normalized spacial score (nSPS) is 16.1. The first-order valence-electron chi connectivity index (χ1n) is 7.57. The van der Waals surface area contributed by atoms with E-state index in [4.69, 9.17) is 15.2 Å². The number of hydrogen-bond acceptors (Lipinski definition) is 4. The predicted molar refractivity (Wildman–Crippen MR) is 83.9 cm³/mol. The van der Waals surface area contributed by atoms with Crippen LogP contribution in [0.5, 0.6) is 11.5 Å². The maximum Gasteiger partial charge on any atom is 0.201 e. The van der Waals surface area contributed by atoms with Crippen LogP contribution in [-0.4, -0.2) is 23.8 Å². The molecule has 1 saturated carbocycles. The van der Waals surface area contributed by atoms with Crippen LogP contribution in [0, 0.1) is 5.92 Å². The summed E-state index contributed by atoms with van der Waals surface area (Å²) in [6, 6.07) is 4.28. The molecule has 1 fully saturated rings. The second-order valence-electron chi connectivity index (χ2n) is 5.78. The zero-order valence-corrected chi connectivity index (χ0v) is 12.9. The summed E-state index contributed by atoms with van der Waals surface area (Å²) < 4.78 is 12.9. The zero-order chi connectivity index (χ0) is 15.0. The van der Waals surface area contributed by atoms with Crippen molar-refractivity contribution in [3.05, 3.63) is 12.1 Å². The highest BCUT2D eigenvalue weighted by atomic mass is 16.5. The Kier molecular flexibility index (Phi) is 3.66. The molecule has 2 aromatic rings. The third-order valence-electron chi connectivity index (χ3n) is 4.36. The van der Waals surface area contributed by atoms with E-state index in [1.807, 2.05) is 12.1 Å². The monoisotopic (exact) mass is 289 g/mol. The fraction of sp³-hybridized carbons (Fsp3) is 0.562. The lowest BCUT2D eigenvalue weighted by Crippen LogP contribution is -2.12. The summed E-state index contributed by atoms with van der Waals surface area (Å²) in [5, 5.41) is 0. The largest absolute Gasteiger partial charge is 0.493 e. The van der Waals surface area contributed by atoms with Gasteiger partial charge in [0.1, 0.15) is 0 Å². The molecular weight excluding hydrogens is 266 g/mol. The van der Waals surface area contributed by atoms with Crippen molar-refractivity contribution in [2.45, 2.75) is 38.6 Å². The Morgan fingerprint density at radius 3 is 2.52 bits per heavy atom. The lowest BCUT2D eigenvalue weighted by Gasteiger charge is -2.19. The van der Waals surface area contributed by atoms with Gasteiger partial charge < -0.3 is 19.8 Å². The molecule has 21 heavy (non-hydrogen) atoms. The maximum atomic E-state index is 6.18. The van der Waals surface area contributed by atoms with E-state index >= 15 is 0 Å². The van der Waals surface area contributed by atoms with Crippen LogP contribution in [0.25, 0.3) is 11.0 Å². The van der Waals surface area contributed by atoms with E-state index in [0.29, 0.717) is 23.5 Å². The Morgan fingerprint density at radius 2 is 1.95 bits per heavy atom. The molecule has 114 valence electrons. The van der Waals surface area contributed by atoms with Crippen LogP contribution in [0.3, 0.4) is 0 Å². The quantitative estimate of drug-likeness (QED) is 0.885. The number of methoxy groups -OCH3 is 2. The fourth-order valence-corrected chi connectivity index (χ4v) is 3.02. The number of imidazole rings is 1. The standard InChI is InChI=1S/C16H23N3O2/c1-4-11(7-10-5-6-10)19-13-9-15(21-3)14(20-2)8-12(13)18-16(19)17/h8-11H,4-7H2,1-3H3,(H2,17,18).